The number of hydrogen-bond donors (Lipinski definition) is 1. The molecule has 0 aliphatic carbocycles. The molecule has 1 unspecified atom stereocenters. The van der Waals surface area contributed by atoms with E-state index >= 15 is 0 Å². The number of nitrogens with zero attached hydrogens (tertiary/aromatic N) is 1. The minimum Gasteiger partial charge on any atom is -0.442 e. The van der Waals surface area contributed by atoms with E-state index in [4.69, 9.17) is 4.74 Å². The number of amides is 1. The minimum atomic E-state index is -4.00. The lowest BCUT2D eigenvalue weighted by Gasteiger charge is -2.28. The lowest BCUT2D eigenvalue weighted by Crippen LogP contribution is -2.45. The Hall–Kier alpha value is -2.38. The van der Waals surface area contributed by atoms with Crippen LogP contribution in [0.25, 0.3) is 0 Å². The molecule has 1 atom stereocenters. The van der Waals surface area contributed by atoms with Crippen molar-refractivity contribution in [2.45, 2.75) is 49.5 Å². The summed E-state index contributed by atoms with van der Waals surface area (Å²) < 4.78 is 31.2. The number of carbonyl (C=O) groups excluding carboxylic acids is 1. The van der Waals surface area contributed by atoms with Crippen LogP contribution in [0, 0.1) is 0 Å². The van der Waals surface area contributed by atoms with Gasteiger partial charge >= 0.3 is 6.09 Å². The summed E-state index contributed by atoms with van der Waals surface area (Å²) in [6, 6.07) is 17.0. The Morgan fingerprint density at radius 3 is 2.07 bits per heavy atom. The van der Waals surface area contributed by atoms with Gasteiger partial charge in [-0.3, -0.25) is 5.21 Å². The third-order valence-electron chi connectivity index (χ3n) is 3.81. The SMILES string of the molecule is CC(C)(C)OC(=O)N(O)C(CCc1ccccc1)S(=O)(=O)c1ccccc1. The molecule has 0 aliphatic heterocycles. The maximum Gasteiger partial charge on any atom is 0.435 e. The number of benzene rings is 2. The molecule has 7 heteroatoms. The van der Waals surface area contributed by atoms with Gasteiger partial charge in [-0.1, -0.05) is 48.5 Å². The molecule has 6 nitrogen and oxygen atoms in total. The standard InChI is InChI=1S/C20H25NO5S/c1-20(2,3)26-19(22)21(23)18(15-14-16-10-6-4-7-11-16)27(24,25)17-12-8-5-9-13-17/h4-13,18,23H,14-15H2,1-3H3. The fraction of sp³-hybridized carbons (Fsp3) is 0.350. The van der Waals surface area contributed by atoms with Crippen LogP contribution in [0.4, 0.5) is 4.79 Å². The zero-order valence-corrected chi connectivity index (χ0v) is 16.5. The molecule has 0 aromatic heterocycles. The first kappa shape index (κ1) is 20.9. The zero-order chi connectivity index (χ0) is 20.1. The van der Waals surface area contributed by atoms with Crippen molar-refractivity contribution >= 4 is 15.9 Å². The first-order valence-corrected chi connectivity index (χ1v) is 10.2. The van der Waals surface area contributed by atoms with Gasteiger partial charge in [0.05, 0.1) is 4.90 Å². The van der Waals surface area contributed by atoms with E-state index in [0.29, 0.717) is 6.42 Å². The predicted octanol–water partition coefficient (Wildman–Crippen LogP) is 4.05. The monoisotopic (exact) mass is 391 g/mol. The zero-order valence-electron chi connectivity index (χ0n) is 15.7. The van der Waals surface area contributed by atoms with Gasteiger partial charge in [0, 0.05) is 0 Å². The molecule has 27 heavy (non-hydrogen) atoms. The molecule has 2 rings (SSSR count). The van der Waals surface area contributed by atoms with E-state index in [-0.39, 0.29) is 16.4 Å². The summed E-state index contributed by atoms with van der Waals surface area (Å²) in [7, 11) is -4.00. The second kappa shape index (κ2) is 8.54. The number of ether oxygens (including phenoxy) is 1. The Bertz CT molecular complexity index is 845. The molecule has 0 radical (unpaired) electrons. The van der Waals surface area contributed by atoms with E-state index in [0.717, 1.165) is 5.56 Å². The first-order chi connectivity index (χ1) is 12.6. The summed E-state index contributed by atoms with van der Waals surface area (Å²) in [5, 5.41) is 9.12. The Balaban J connectivity index is 2.31. The van der Waals surface area contributed by atoms with Crippen LogP contribution in [0.3, 0.4) is 0 Å². The van der Waals surface area contributed by atoms with Gasteiger partial charge in [-0.2, -0.15) is 5.06 Å². The van der Waals surface area contributed by atoms with E-state index in [1.807, 2.05) is 30.3 Å². The second-order valence-electron chi connectivity index (χ2n) is 7.16. The van der Waals surface area contributed by atoms with Crippen molar-refractivity contribution in [3.05, 3.63) is 66.2 Å². The molecule has 2 aromatic carbocycles. The van der Waals surface area contributed by atoms with Crippen LogP contribution in [0.2, 0.25) is 0 Å². The second-order valence-corrected chi connectivity index (χ2v) is 9.27. The third-order valence-corrected chi connectivity index (χ3v) is 5.89. The van der Waals surface area contributed by atoms with Crippen molar-refractivity contribution in [1.29, 1.82) is 0 Å². The molecule has 0 heterocycles. The fourth-order valence-electron chi connectivity index (χ4n) is 2.54. The lowest BCUT2D eigenvalue weighted by atomic mass is 10.1. The molecule has 2 aromatic rings. The molecular weight excluding hydrogens is 366 g/mol. The van der Waals surface area contributed by atoms with Crippen LogP contribution in [0.5, 0.6) is 0 Å². The predicted molar refractivity (Wildman–Crippen MR) is 102 cm³/mol. The molecule has 0 saturated carbocycles. The van der Waals surface area contributed by atoms with Gasteiger partial charge in [0.15, 0.2) is 5.37 Å². The highest BCUT2D eigenvalue weighted by Crippen LogP contribution is 2.23. The topological polar surface area (TPSA) is 83.9 Å². The van der Waals surface area contributed by atoms with Gasteiger partial charge in [-0.05, 0) is 51.3 Å². The molecule has 0 saturated heterocycles. The van der Waals surface area contributed by atoms with E-state index in [1.165, 1.54) is 12.1 Å². The van der Waals surface area contributed by atoms with Gasteiger partial charge in [-0.25, -0.2) is 13.2 Å². The highest BCUT2D eigenvalue weighted by molar-refractivity contribution is 7.92. The lowest BCUT2D eigenvalue weighted by molar-refractivity contribution is -0.104. The summed E-state index contributed by atoms with van der Waals surface area (Å²) in [5.41, 5.74) is 0.0433. The number of sulfone groups is 1. The summed E-state index contributed by atoms with van der Waals surface area (Å²) in [6.45, 7) is 4.93. The molecule has 0 fully saturated rings. The van der Waals surface area contributed by atoms with E-state index in [9.17, 15) is 18.4 Å². The molecule has 1 N–H and O–H groups in total. The maximum absolute atomic E-state index is 13.1. The van der Waals surface area contributed by atoms with Crippen LogP contribution in [-0.2, 0) is 21.0 Å². The number of rotatable bonds is 6. The van der Waals surface area contributed by atoms with Crippen LogP contribution < -0.4 is 0 Å². The largest absolute Gasteiger partial charge is 0.442 e. The van der Waals surface area contributed by atoms with Crippen molar-refractivity contribution in [2.24, 2.45) is 0 Å². The Kier molecular flexibility index (Phi) is 6.62. The van der Waals surface area contributed by atoms with Crippen molar-refractivity contribution in [3.63, 3.8) is 0 Å². The maximum atomic E-state index is 13.1. The van der Waals surface area contributed by atoms with E-state index in [2.05, 4.69) is 0 Å². The molecular formula is C20H25NO5S. The van der Waals surface area contributed by atoms with Crippen molar-refractivity contribution in [2.75, 3.05) is 0 Å². The van der Waals surface area contributed by atoms with Crippen molar-refractivity contribution < 1.29 is 23.2 Å². The Morgan fingerprint density at radius 2 is 1.56 bits per heavy atom. The number of carbonyl (C=O) groups is 1. The van der Waals surface area contributed by atoms with Gasteiger partial charge in [0.25, 0.3) is 0 Å². The first-order valence-electron chi connectivity index (χ1n) is 8.65. The summed E-state index contributed by atoms with van der Waals surface area (Å²) in [4.78, 5) is 12.3. The average Bonchev–Trinajstić information content (AvgIpc) is 2.61. The fourth-order valence-corrected chi connectivity index (χ4v) is 4.16. The van der Waals surface area contributed by atoms with Crippen LogP contribution in [-0.4, -0.2) is 35.8 Å². The normalized spacial score (nSPS) is 13.0. The highest BCUT2D eigenvalue weighted by Gasteiger charge is 2.37. The molecule has 146 valence electrons. The number of hydrogen-bond acceptors (Lipinski definition) is 5. The molecule has 0 bridgehead atoms. The summed E-state index contributed by atoms with van der Waals surface area (Å²) in [5.74, 6) is 0. The van der Waals surface area contributed by atoms with Crippen LogP contribution in [0.1, 0.15) is 32.8 Å². The summed E-state index contributed by atoms with van der Waals surface area (Å²) in [6.07, 6.45) is -0.700. The van der Waals surface area contributed by atoms with Gasteiger partial charge in [0.1, 0.15) is 5.60 Å². The third kappa shape index (κ3) is 5.80. The van der Waals surface area contributed by atoms with E-state index < -0.39 is 26.9 Å². The number of hydroxylamine groups is 2. The summed E-state index contributed by atoms with van der Waals surface area (Å²) >= 11 is 0. The molecule has 0 spiro atoms. The van der Waals surface area contributed by atoms with Crippen LogP contribution >= 0.6 is 0 Å². The minimum absolute atomic E-state index is 0.0248. The molecule has 1 amide bonds. The van der Waals surface area contributed by atoms with E-state index in [1.54, 1.807) is 39.0 Å². The van der Waals surface area contributed by atoms with Crippen LogP contribution in [0.15, 0.2) is 65.6 Å². The molecule has 0 aliphatic rings. The van der Waals surface area contributed by atoms with Gasteiger partial charge < -0.3 is 4.74 Å². The van der Waals surface area contributed by atoms with Crippen molar-refractivity contribution in [3.8, 4) is 0 Å². The Morgan fingerprint density at radius 1 is 1.04 bits per heavy atom. The number of aryl methyl sites for hydroxylation is 1. The quantitative estimate of drug-likeness (QED) is 0.593. The average molecular weight is 391 g/mol. The highest BCUT2D eigenvalue weighted by atomic mass is 32.2. The smallest absolute Gasteiger partial charge is 0.435 e. The van der Waals surface area contributed by atoms with Gasteiger partial charge in [-0.15, -0.1) is 0 Å². The van der Waals surface area contributed by atoms with Gasteiger partial charge in [0.2, 0.25) is 9.84 Å². The van der Waals surface area contributed by atoms with Crippen molar-refractivity contribution in [1.82, 2.24) is 5.06 Å². The Labute approximate surface area is 160 Å².